The van der Waals surface area contributed by atoms with Gasteiger partial charge in [-0.3, -0.25) is 4.90 Å². The Morgan fingerprint density at radius 3 is 2.60 bits per heavy atom. The predicted molar refractivity (Wildman–Crippen MR) is 63.5 cm³/mol. The van der Waals surface area contributed by atoms with Gasteiger partial charge < -0.3 is 0 Å². The fourth-order valence-electron chi connectivity index (χ4n) is 2.85. The molecule has 0 aromatic carbocycles. The summed E-state index contributed by atoms with van der Waals surface area (Å²) in [4.78, 5) is 2.47. The molecular formula is C13H24N2. The van der Waals surface area contributed by atoms with E-state index in [1.54, 1.807) is 0 Å². The van der Waals surface area contributed by atoms with Crippen LogP contribution in [0.4, 0.5) is 0 Å². The van der Waals surface area contributed by atoms with Crippen molar-refractivity contribution in [1.29, 1.82) is 5.26 Å². The molecule has 1 aliphatic rings. The first-order valence-corrected chi connectivity index (χ1v) is 6.29. The van der Waals surface area contributed by atoms with Gasteiger partial charge in [-0.1, -0.05) is 26.7 Å². The number of hydrogen-bond acceptors (Lipinski definition) is 2. The van der Waals surface area contributed by atoms with Gasteiger partial charge in [-0.2, -0.15) is 5.26 Å². The molecule has 2 nitrogen and oxygen atoms in total. The monoisotopic (exact) mass is 208 g/mol. The summed E-state index contributed by atoms with van der Waals surface area (Å²) in [6.45, 7) is 4.55. The van der Waals surface area contributed by atoms with E-state index in [0.29, 0.717) is 18.5 Å². The molecule has 1 rings (SSSR count). The van der Waals surface area contributed by atoms with Gasteiger partial charge in [-0.15, -0.1) is 0 Å². The molecule has 1 aliphatic carbocycles. The molecule has 3 unspecified atom stereocenters. The van der Waals surface area contributed by atoms with Gasteiger partial charge in [0.1, 0.15) is 0 Å². The highest BCUT2D eigenvalue weighted by atomic mass is 15.2. The fraction of sp³-hybridized carbons (Fsp3) is 0.923. The SMILES string of the molecule is CCC(CC#N)N(C)C1CCCCC1C. The quantitative estimate of drug-likeness (QED) is 0.709. The lowest BCUT2D eigenvalue weighted by Gasteiger charge is -2.40. The third-order valence-electron chi connectivity index (χ3n) is 3.96. The summed E-state index contributed by atoms with van der Waals surface area (Å²) in [5.41, 5.74) is 0. The zero-order valence-corrected chi connectivity index (χ0v) is 10.4. The predicted octanol–water partition coefficient (Wildman–Crippen LogP) is 3.19. The maximum Gasteiger partial charge on any atom is 0.0638 e. The Bertz CT molecular complexity index is 219. The van der Waals surface area contributed by atoms with E-state index in [4.69, 9.17) is 5.26 Å². The highest BCUT2D eigenvalue weighted by molar-refractivity contribution is 4.87. The average molecular weight is 208 g/mol. The minimum Gasteiger partial charge on any atom is -0.299 e. The lowest BCUT2D eigenvalue weighted by molar-refractivity contribution is 0.0957. The fourth-order valence-corrected chi connectivity index (χ4v) is 2.85. The van der Waals surface area contributed by atoms with Gasteiger partial charge in [0.05, 0.1) is 12.5 Å². The summed E-state index contributed by atoms with van der Waals surface area (Å²) >= 11 is 0. The van der Waals surface area contributed by atoms with Gasteiger partial charge >= 0.3 is 0 Å². The van der Waals surface area contributed by atoms with Crippen LogP contribution in [0.1, 0.15) is 52.4 Å². The summed E-state index contributed by atoms with van der Waals surface area (Å²) in [5.74, 6) is 0.802. The molecule has 2 heteroatoms. The molecule has 1 fully saturated rings. The summed E-state index contributed by atoms with van der Waals surface area (Å²) < 4.78 is 0. The first kappa shape index (κ1) is 12.5. The number of nitriles is 1. The number of nitrogens with zero attached hydrogens (tertiary/aromatic N) is 2. The van der Waals surface area contributed by atoms with Crippen LogP contribution in [0, 0.1) is 17.2 Å². The average Bonchev–Trinajstić information content (AvgIpc) is 2.25. The van der Waals surface area contributed by atoms with Gasteiger partial charge in [-0.25, -0.2) is 0 Å². The van der Waals surface area contributed by atoms with E-state index < -0.39 is 0 Å². The Labute approximate surface area is 94.3 Å². The van der Waals surface area contributed by atoms with Gasteiger partial charge in [0.15, 0.2) is 0 Å². The van der Waals surface area contributed by atoms with Crippen LogP contribution in [-0.2, 0) is 0 Å². The van der Waals surface area contributed by atoms with E-state index in [-0.39, 0.29) is 0 Å². The second-order valence-electron chi connectivity index (χ2n) is 4.92. The molecule has 15 heavy (non-hydrogen) atoms. The van der Waals surface area contributed by atoms with Gasteiger partial charge in [0.2, 0.25) is 0 Å². The molecule has 1 saturated carbocycles. The van der Waals surface area contributed by atoms with E-state index in [0.717, 1.165) is 12.3 Å². The molecule has 0 aliphatic heterocycles. The highest BCUT2D eigenvalue weighted by Gasteiger charge is 2.28. The second kappa shape index (κ2) is 6.12. The Morgan fingerprint density at radius 2 is 2.07 bits per heavy atom. The van der Waals surface area contributed by atoms with Crippen LogP contribution in [0.15, 0.2) is 0 Å². The smallest absolute Gasteiger partial charge is 0.0638 e. The summed E-state index contributed by atoms with van der Waals surface area (Å²) in [7, 11) is 2.21. The van der Waals surface area contributed by atoms with Crippen LogP contribution >= 0.6 is 0 Å². The van der Waals surface area contributed by atoms with Gasteiger partial charge in [-0.05, 0) is 32.2 Å². The van der Waals surface area contributed by atoms with Crippen molar-refractivity contribution in [2.24, 2.45) is 5.92 Å². The van der Waals surface area contributed by atoms with Crippen LogP contribution in [0.5, 0.6) is 0 Å². The van der Waals surface area contributed by atoms with Crippen molar-refractivity contribution in [2.45, 2.75) is 64.5 Å². The lowest BCUT2D eigenvalue weighted by atomic mass is 9.84. The molecule has 0 aromatic heterocycles. The first-order chi connectivity index (χ1) is 7.20. The highest BCUT2D eigenvalue weighted by Crippen LogP contribution is 2.29. The van der Waals surface area contributed by atoms with Crippen LogP contribution in [-0.4, -0.2) is 24.0 Å². The van der Waals surface area contributed by atoms with Crippen LogP contribution in [0.2, 0.25) is 0 Å². The zero-order chi connectivity index (χ0) is 11.3. The Kier molecular flexibility index (Phi) is 5.11. The van der Waals surface area contributed by atoms with Crippen LogP contribution in [0.25, 0.3) is 0 Å². The molecule has 0 N–H and O–H groups in total. The van der Waals surface area contributed by atoms with Crippen LogP contribution in [0.3, 0.4) is 0 Å². The Hall–Kier alpha value is -0.550. The maximum atomic E-state index is 8.80. The van der Waals surface area contributed by atoms with Gasteiger partial charge in [0, 0.05) is 12.1 Å². The normalized spacial score (nSPS) is 28.7. The molecule has 0 heterocycles. The summed E-state index contributed by atoms with van der Waals surface area (Å²) in [6, 6.07) is 3.48. The molecule has 0 radical (unpaired) electrons. The topological polar surface area (TPSA) is 27.0 Å². The van der Waals surface area contributed by atoms with E-state index >= 15 is 0 Å². The minimum absolute atomic E-state index is 0.459. The standard InChI is InChI=1S/C13H24N2/c1-4-12(9-10-14)15(3)13-8-6-5-7-11(13)2/h11-13H,4-9H2,1-3H3. The summed E-state index contributed by atoms with van der Waals surface area (Å²) in [5, 5.41) is 8.80. The molecule has 3 atom stereocenters. The second-order valence-corrected chi connectivity index (χ2v) is 4.92. The van der Waals surface area contributed by atoms with Crippen molar-refractivity contribution >= 4 is 0 Å². The van der Waals surface area contributed by atoms with Crippen molar-refractivity contribution < 1.29 is 0 Å². The van der Waals surface area contributed by atoms with Crippen molar-refractivity contribution in [2.75, 3.05) is 7.05 Å². The number of rotatable bonds is 4. The first-order valence-electron chi connectivity index (χ1n) is 6.29. The number of hydrogen-bond donors (Lipinski definition) is 0. The van der Waals surface area contributed by atoms with E-state index in [9.17, 15) is 0 Å². The molecule has 86 valence electrons. The molecule has 0 spiro atoms. The molecule has 0 amide bonds. The molecular weight excluding hydrogens is 184 g/mol. The Morgan fingerprint density at radius 1 is 1.40 bits per heavy atom. The zero-order valence-electron chi connectivity index (χ0n) is 10.4. The lowest BCUT2D eigenvalue weighted by Crippen LogP contribution is -2.44. The molecule has 0 aromatic rings. The van der Waals surface area contributed by atoms with Crippen molar-refractivity contribution in [1.82, 2.24) is 4.90 Å². The molecule has 0 saturated heterocycles. The minimum atomic E-state index is 0.459. The van der Waals surface area contributed by atoms with Gasteiger partial charge in [0.25, 0.3) is 0 Å². The van der Waals surface area contributed by atoms with E-state index in [1.807, 2.05) is 0 Å². The molecule has 0 bridgehead atoms. The van der Waals surface area contributed by atoms with E-state index in [1.165, 1.54) is 25.7 Å². The Balaban J connectivity index is 2.56. The van der Waals surface area contributed by atoms with Crippen LogP contribution < -0.4 is 0 Å². The third-order valence-corrected chi connectivity index (χ3v) is 3.96. The third kappa shape index (κ3) is 3.21. The largest absolute Gasteiger partial charge is 0.299 e. The van der Waals surface area contributed by atoms with Crippen molar-refractivity contribution in [3.63, 3.8) is 0 Å². The van der Waals surface area contributed by atoms with Crippen molar-refractivity contribution in [3.8, 4) is 6.07 Å². The maximum absolute atomic E-state index is 8.80. The van der Waals surface area contributed by atoms with Crippen molar-refractivity contribution in [3.05, 3.63) is 0 Å². The summed E-state index contributed by atoms with van der Waals surface area (Å²) in [6.07, 6.45) is 7.20. The van der Waals surface area contributed by atoms with E-state index in [2.05, 4.69) is 31.9 Å².